The maximum atomic E-state index is 13.5. The van der Waals surface area contributed by atoms with E-state index in [4.69, 9.17) is 5.73 Å². The third-order valence-corrected chi connectivity index (χ3v) is 3.74. The Kier molecular flexibility index (Phi) is 3.26. The number of nitrogens with one attached hydrogen (secondary N) is 1. The number of hydrogen-bond acceptors (Lipinski definition) is 4. The third-order valence-electron chi connectivity index (χ3n) is 2.81. The lowest BCUT2D eigenvalue weighted by atomic mass is 10.2. The summed E-state index contributed by atoms with van der Waals surface area (Å²) in [7, 11) is 0. The molecule has 0 atom stereocenters. The number of carbonyl (C=O) groups excluding carboxylic acids is 1. The Hall–Kier alpha value is -2.54. The highest BCUT2D eigenvalue weighted by atomic mass is 32.1. The minimum atomic E-state index is -0.919. The summed E-state index contributed by atoms with van der Waals surface area (Å²) in [6.45, 7) is 0. The van der Waals surface area contributed by atoms with Gasteiger partial charge in [0.2, 0.25) is 0 Å². The Balaban J connectivity index is 1.89. The predicted octanol–water partition coefficient (Wildman–Crippen LogP) is 3.41. The molecule has 7 heteroatoms. The second kappa shape index (κ2) is 5.10. The van der Waals surface area contributed by atoms with Crippen LogP contribution in [0.5, 0.6) is 0 Å². The largest absolute Gasteiger partial charge is 0.399 e. The van der Waals surface area contributed by atoms with E-state index in [1.807, 2.05) is 0 Å². The molecular formula is C14H9F2N3OS. The fourth-order valence-corrected chi connectivity index (χ4v) is 2.74. The minimum absolute atomic E-state index is 0.241. The average molecular weight is 305 g/mol. The number of nitrogens with two attached hydrogens (primary N) is 1. The molecule has 0 saturated heterocycles. The molecule has 0 spiro atoms. The maximum Gasteiger partial charge on any atom is 0.260 e. The van der Waals surface area contributed by atoms with Crippen molar-refractivity contribution in [3.8, 4) is 0 Å². The molecule has 0 aliphatic rings. The van der Waals surface area contributed by atoms with Crippen LogP contribution in [0.3, 0.4) is 0 Å². The predicted molar refractivity (Wildman–Crippen MR) is 78.3 cm³/mol. The summed E-state index contributed by atoms with van der Waals surface area (Å²) in [6.07, 6.45) is 0. The second-order valence-electron chi connectivity index (χ2n) is 4.32. The van der Waals surface area contributed by atoms with Crippen molar-refractivity contribution in [1.29, 1.82) is 0 Å². The van der Waals surface area contributed by atoms with Gasteiger partial charge in [-0.15, -0.1) is 0 Å². The summed E-state index contributed by atoms with van der Waals surface area (Å²) in [6, 6.07) is 7.94. The minimum Gasteiger partial charge on any atom is -0.399 e. The molecule has 0 fully saturated rings. The Bertz CT molecular complexity index is 847. The number of halogens is 2. The van der Waals surface area contributed by atoms with Crippen LogP contribution in [0.2, 0.25) is 0 Å². The van der Waals surface area contributed by atoms with Gasteiger partial charge in [-0.1, -0.05) is 11.3 Å². The van der Waals surface area contributed by atoms with Crippen molar-refractivity contribution in [2.75, 3.05) is 11.1 Å². The Labute approximate surface area is 122 Å². The van der Waals surface area contributed by atoms with Crippen LogP contribution in [0, 0.1) is 11.6 Å². The number of thiazole rings is 1. The monoisotopic (exact) mass is 305 g/mol. The van der Waals surface area contributed by atoms with Crippen LogP contribution in [0.4, 0.5) is 19.6 Å². The Morgan fingerprint density at radius 3 is 2.76 bits per heavy atom. The van der Waals surface area contributed by atoms with E-state index in [2.05, 4.69) is 10.3 Å². The van der Waals surface area contributed by atoms with Crippen molar-refractivity contribution < 1.29 is 13.6 Å². The molecular weight excluding hydrogens is 296 g/mol. The summed E-state index contributed by atoms with van der Waals surface area (Å²) in [5.41, 5.74) is 6.70. The van der Waals surface area contributed by atoms with Gasteiger partial charge in [-0.2, -0.15) is 0 Å². The number of nitrogens with zero attached hydrogens (tertiary/aromatic N) is 1. The highest BCUT2D eigenvalue weighted by molar-refractivity contribution is 7.22. The van der Waals surface area contributed by atoms with Gasteiger partial charge >= 0.3 is 0 Å². The SMILES string of the molecule is Nc1ccc2nc(NC(=O)c3ccc(F)cc3F)sc2c1. The summed E-state index contributed by atoms with van der Waals surface area (Å²) in [5, 5.41) is 2.82. The number of fused-ring (bicyclic) bond motifs is 1. The lowest BCUT2D eigenvalue weighted by Crippen LogP contribution is -2.13. The van der Waals surface area contributed by atoms with Crippen LogP contribution >= 0.6 is 11.3 Å². The Morgan fingerprint density at radius 1 is 1.19 bits per heavy atom. The molecule has 0 aliphatic heterocycles. The first-order chi connectivity index (χ1) is 10.0. The molecule has 0 aliphatic carbocycles. The fourth-order valence-electron chi connectivity index (χ4n) is 1.83. The van der Waals surface area contributed by atoms with Crippen LogP contribution in [0.25, 0.3) is 10.2 Å². The number of aromatic nitrogens is 1. The van der Waals surface area contributed by atoms with E-state index in [1.165, 1.54) is 11.3 Å². The van der Waals surface area contributed by atoms with Gasteiger partial charge in [0, 0.05) is 11.8 Å². The van der Waals surface area contributed by atoms with Gasteiger partial charge in [-0.05, 0) is 30.3 Å². The number of amides is 1. The van der Waals surface area contributed by atoms with Gasteiger partial charge in [-0.3, -0.25) is 10.1 Å². The molecule has 0 saturated carbocycles. The summed E-state index contributed by atoms with van der Waals surface area (Å²) in [5.74, 6) is -2.34. The van der Waals surface area contributed by atoms with Gasteiger partial charge in [0.1, 0.15) is 11.6 Å². The van der Waals surface area contributed by atoms with Gasteiger partial charge in [0.15, 0.2) is 5.13 Å². The number of hydrogen-bond donors (Lipinski definition) is 2. The molecule has 106 valence electrons. The van der Waals surface area contributed by atoms with Crippen molar-refractivity contribution in [1.82, 2.24) is 4.98 Å². The summed E-state index contributed by atoms with van der Waals surface area (Å²) < 4.78 is 27.2. The van der Waals surface area contributed by atoms with E-state index in [-0.39, 0.29) is 5.56 Å². The molecule has 21 heavy (non-hydrogen) atoms. The molecule has 3 N–H and O–H groups in total. The van der Waals surface area contributed by atoms with Crippen LogP contribution < -0.4 is 11.1 Å². The zero-order chi connectivity index (χ0) is 15.0. The lowest BCUT2D eigenvalue weighted by Gasteiger charge is -2.02. The topological polar surface area (TPSA) is 68.0 Å². The molecule has 1 aromatic heterocycles. The smallest absolute Gasteiger partial charge is 0.260 e. The van der Waals surface area contributed by atoms with E-state index in [0.29, 0.717) is 22.4 Å². The van der Waals surface area contributed by atoms with Crippen molar-refractivity contribution in [2.24, 2.45) is 0 Å². The molecule has 3 aromatic rings. The molecule has 3 rings (SSSR count). The number of anilines is 2. The average Bonchev–Trinajstić information content (AvgIpc) is 2.79. The van der Waals surface area contributed by atoms with Gasteiger partial charge < -0.3 is 5.73 Å². The highest BCUT2D eigenvalue weighted by Crippen LogP contribution is 2.28. The first-order valence-electron chi connectivity index (χ1n) is 5.95. The zero-order valence-corrected chi connectivity index (χ0v) is 11.4. The first kappa shape index (κ1) is 13.4. The van der Waals surface area contributed by atoms with Crippen LogP contribution in [-0.4, -0.2) is 10.9 Å². The number of nitrogen functional groups attached to an aromatic ring is 1. The third kappa shape index (κ3) is 2.68. The molecule has 4 nitrogen and oxygen atoms in total. The van der Waals surface area contributed by atoms with Crippen molar-refractivity contribution in [3.63, 3.8) is 0 Å². The van der Waals surface area contributed by atoms with Crippen LogP contribution in [0.1, 0.15) is 10.4 Å². The highest BCUT2D eigenvalue weighted by Gasteiger charge is 2.14. The van der Waals surface area contributed by atoms with Crippen molar-refractivity contribution >= 4 is 38.3 Å². The molecule has 0 bridgehead atoms. The quantitative estimate of drug-likeness (QED) is 0.713. The van der Waals surface area contributed by atoms with Crippen LogP contribution in [0.15, 0.2) is 36.4 Å². The van der Waals surface area contributed by atoms with Crippen molar-refractivity contribution in [3.05, 3.63) is 53.6 Å². The second-order valence-corrected chi connectivity index (χ2v) is 5.36. The molecule has 2 aromatic carbocycles. The van der Waals surface area contributed by atoms with Gasteiger partial charge in [0.25, 0.3) is 5.91 Å². The van der Waals surface area contributed by atoms with E-state index in [0.717, 1.165) is 16.8 Å². The number of carbonyl (C=O) groups is 1. The number of benzene rings is 2. The normalized spacial score (nSPS) is 10.8. The number of rotatable bonds is 2. The molecule has 0 unspecified atom stereocenters. The molecule has 0 radical (unpaired) electrons. The lowest BCUT2D eigenvalue weighted by molar-refractivity contribution is 0.102. The van der Waals surface area contributed by atoms with E-state index >= 15 is 0 Å². The fraction of sp³-hybridized carbons (Fsp3) is 0. The molecule has 1 amide bonds. The van der Waals surface area contributed by atoms with Gasteiger partial charge in [0.05, 0.1) is 15.8 Å². The van der Waals surface area contributed by atoms with Crippen molar-refractivity contribution in [2.45, 2.75) is 0 Å². The van der Waals surface area contributed by atoms with E-state index in [1.54, 1.807) is 18.2 Å². The van der Waals surface area contributed by atoms with Crippen LogP contribution in [-0.2, 0) is 0 Å². The molecule has 1 heterocycles. The Morgan fingerprint density at radius 2 is 2.00 bits per heavy atom. The first-order valence-corrected chi connectivity index (χ1v) is 6.77. The summed E-state index contributed by atoms with van der Waals surface area (Å²) in [4.78, 5) is 16.2. The van der Waals surface area contributed by atoms with Gasteiger partial charge in [-0.25, -0.2) is 13.8 Å². The standard InChI is InChI=1S/C14H9F2N3OS/c15-7-1-3-9(10(16)5-7)13(20)19-14-18-11-4-2-8(17)6-12(11)21-14/h1-6H,17H2,(H,18,19,20). The summed E-state index contributed by atoms with van der Waals surface area (Å²) >= 11 is 1.22. The zero-order valence-electron chi connectivity index (χ0n) is 10.6. The van der Waals surface area contributed by atoms with E-state index < -0.39 is 17.5 Å². The maximum absolute atomic E-state index is 13.5. The van der Waals surface area contributed by atoms with E-state index in [9.17, 15) is 13.6 Å².